The number of carbonyl (C=O) groups is 2. The Kier molecular flexibility index (Phi) is 7.94. The Bertz CT molecular complexity index is 1280. The summed E-state index contributed by atoms with van der Waals surface area (Å²) in [6, 6.07) is 10.3. The lowest BCUT2D eigenvalue weighted by molar-refractivity contribution is -0.147. The quantitative estimate of drug-likeness (QED) is 0.389. The number of nitrogens with one attached hydrogen (secondary N) is 1. The maximum atomic E-state index is 14.4. The number of benzene rings is 2. The number of sulfone groups is 1. The number of halogens is 3. The van der Waals surface area contributed by atoms with Gasteiger partial charge < -0.3 is 10.4 Å². The molecule has 37 heavy (non-hydrogen) atoms. The summed E-state index contributed by atoms with van der Waals surface area (Å²) in [5, 5.41) is 11.9. The SMILES string of the molecule is CC(C[C@@H](c1ccc(Cl)cc1)S(=O)(=O)C1CC1)[C@@H]1NC(=O)[C@](C)(CC(=O)O)C[C@@H]1c1cc(F)cc(Cl)c1. The summed E-state index contributed by atoms with van der Waals surface area (Å²) in [7, 11) is -3.49. The average Bonchev–Trinajstić information content (AvgIpc) is 3.64. The van der Waals surface area contributed by atoms with Crippen LogP contribution >= 0.6 is 23.2 Å². The molecule has 0 spiro atoms. The van der Waals surface area contributed by atoms with Gasteiger partial charge >= 0.3 is 5.97 Å². The molecule has 5 atom stereocenters. The predicted molar refractivity (Wildman–Crippen MR) is 141 cm³/mol. The summed E-state index contributed by atoms with van der Waals surface area (Å²) >= 11 is 12.2. The molecule has 1 saturated heterocycles. The number of aliphatic carboxylic acids is 1. The van der Waals surface area contributed by atoms with Crippen molar-refractivity contribution in [3.05, 3.63) is 69.5 Å². The third-order valence-electron chi connectivity index (χ3n) is 7.63. The molecule has 200 valence electrons. The molecular formula is C27H30Cl2FNO5S. The van der Waals surface area contributed by atoms with Crippen molar-refractivity contribution in [2.45, 2.75) is 68.4 Å². The van der Waals surface area contributed by atoms with Crippen molar-refractivity contribution in [3.63, 3.8) is 0 Å². The van der Waals surface area contributed by atoms with E-state index in [0.717, 1.165) is 0 Å². The van der Waals surface area contributed by atoms with E-state index in [1.165, 1.54) is 12.1 Å². The number of hydrogen-bond acceptors (Lipinski definition) is 4. The van der Waals surface area contributed by atoms with Gasteiger partial charge in [0.25, 0.3) is 0 Å². The van der Waals surface area contributed by atoms with Gasteiger partial charge in [0.1, 0.15) is 5.82 Å². The first kappa shape index (κ1) is 27.9. The van der Waals surface area contributed by atoms with Gasteiger partial charge in [-0.3, -0.25) is 9.59 Å². The van der Waals surface area contributed by atoms with Crippen molar-refractivity contribution in [2.75, 3.05) is 0 Å². The van der Waals surface area contributed by atoms with Crippen LogP contribution in [-0.2, 0) is 19.4 Å². The molecule has 1 saturated carbocycles. The molecular weight excluding hydrogens is 540 g/mol. The Morgan fingerprint density at radius 3 is 2.38 bits per heavy atom. The number of hydrogen-bond donors (Lipinski definition) is 2. The van der Waals surface area contributed by atoms with Crippen LogP contribution < -0.4 is 5.32 Å². The van der Waals surface area contributed by atoms with E-state index in [1.807, 2.05) is 6.92 Å². The van der Waals surface area contributed by atoms with Crippen LogP contribution in [-0.4, -0.2) is 36.7 Å². The van der Waals surface area contributed by atoms with Crippen LogP contribution in [0.15, 0.2) is 42.5 Å². The van der Waals surface area contributed by atoms with E-state index in [0.29, 0.717) is 29.0 Å². The molecule has 10 heteroatoms. The molecule has 2 aliphatic rings. The van der Waals surface area contributed by atoms with E-state index < -0.39 is 55.4 Å². The van der Waals surface area contributed by atoms with Crippen molar-refractivity contribution < 1.29 is 27.5 Å². The van der Waals surface area contributed by atoms with E-state index in [1.54, 1.807) is 37.3 Å². The largest absolute Gasteiger partial charge is 0.481 e. The van der Waals surface area contributed by atoms with Crippen LogP contribution in [0, 0.1) is 17.2 Å². The summed E-state index contributed by atoms with van der Waals surface area (Å²) in [5.74, 6) is -2.89. The van der Waals surface area contributed by atoms with Gasteiger partial charge in [0.15, 0.2) is 9.84 Å². The lowest BCUT2D eigenvalue weighted by Gasteiger charge is -2.45. The number of carboxylic acids is 1. The Labute approximate surface area is 226 Å². The summed E-state index contributed by atoms with van der Waals surface area (Å²) in [5.41, 5.74) is -0.0563. The highest BCUT2D eigenvalue weighted by Gasteiger charge is 2.49. The standard InChI is InChI=1S/C27H30Cl2FNO5S/c1-15(9-23(37(35,36)21-7-8-21)16-3-5-18(28)6-4-16)25-22(17-10-19(29)12-20(30)11-17)13-27(2,14-24(32)33)26(34)31-25/h3-6,10-12,15,21-23,25H,7-9,13-14H2,1-2H3,(H,31,34)(H,32,33)/t15?,22-,23+,25+,27+/m1/s1. The molecule has 0 bridgehead atoms. The smallest absolute Gasteiger partial charge is 0.304 e. The Hall–Kier alpha value is -2.16. The van der Waals surface area contributed by atoms with Crippen molar-refractivity contribution >= 4 is 44.9 Å². The lowest BCUT2D eigenvalue weighted by atomic mass is 9.67. The normalized spacial score (nSPS) is 25.8. The molecule has 0 aromatic heterocycles. The van der Waals surface area contributed by atoms with Crippen LogP contribution in [0.3, 0.4) is 0 Å². The molecule has 2 aromatic carbocycles. The minimum absolute atomic E-state index is 0.154. The van der Waals surface area contributed by atoms with E-state index in [2.05, 4.69) is 5.32 Å². The minimum atomic E-state index is -3.49. The van der Waals surface area contributed by atoms with E-state index >= 15 is 0 Å². The molecule has 1 aliphatic heterocycles. The highest BCUT2D eigenvalue weighted by Crippen LogP contribution is 2.47. The van der Waals surface area contributed by atoms with Crippen molar-refractivity contribution in [1.29, 1.82) is 0 Å². The Morgan fingerprint density at radius 1 is 1.16 bits per heavy atom. The fourth-order valence-corrected chi connectivity index (χ4v) is 8.24. The van der Waals surface area contributed by atoms with E-state index in [-0.39, 0.29) is 30.2 Å². The fourth-order valence-electron chi connectivity index (χ4n) is 5.52. The lowest BCUT2D eigenvalue weighted by Crippen LogP contribution is -2.56. The van der Waals surface area contributed by atoms with Crippen molar-refractivity contribution in [1.82, 2.24) is 5.32 Å². The number of carbonyl (C=O) groups excluding carboxylic acids is 1. The zero-order valence-electron chi connectivity index (χ0n) is 20.6. The van der Waals surface area contributed by atoms with Gasteiger partial charge in [0, 0.05) is 22.0 Å². The third-order valence-corrected chi connectivity index (χ3v) is 10.8. The zero-order chi connectivity index (χ0) is 27.1. The molecule has 1 amide bonds. The Morgan fingerprint density at radius 2 is 1.81 bits per heavy atom. The summed E-state index contributed by atoms with van der Waals surface area (Å²) < 4.78 is 41.3. The van der Waals surface area contributed by atoms with Gasteiger partial charge in [0.2, 0.25) is 5.91 Å². The summed E-state index contributed by atoms with van der Waals surface area (Å²) in [6.45, 7) is 3.45. The second-order valence-electron chi connectivity index (χ2n) is 10.7. The number of carboxylic acid groups (broad SMARTS) is 1. The van der Waals surface area contributed by atoms with Gasteiger partial charge in [-0.2, -0.15) is 0 Å². The van der Waals surface area contributed by atoms with Gasteiger partial charge in [-0.05, 0) is 73.1 Å². The molecule has 0 radical (unpaired) electrons. The van der Waals surface area contributed by atoms with Crippen molar-refractivity contribution in [2.24, 2.45) is 11.3 Å². The molecule has 1 heterocycles. The molecule has 1 aliphatic carbocycles. The van der Waals surface area contributed by atoms with Crippen LogP contribution in [0.1, 0.15) is 68.2 Å². The fraction of sp³-hybridized carbons (Fsp3) is 0.481. The predicted octanol–water partition coefficient (Wildman–Crippen LogP) is 5.93. The first-order valence-corrected chi connectivity index (χ1v) is 14.6. The zero-order valence-corrected chi connectivity index (χ0v) is 22.9. The maximum absolute atomic E-state index is 14.4. The molecule has 1 unspecified atom stereocenters. The van der Waals surface area contributed by atoms with Crippen LogP contribution in [0.5, 0.6) is 0 Å². The van der Waals surface area contributed by atoms with Crippen LogP contribution in [0.4, 0.5) is 4.39 Å². The van der Waals surface area contributed by atoms with Crippen molar-refractivity contribution in [3.8, 4) is 0 Å². The first-order chi connectivity index (χ1) is 17.3. The highest BCUT2D eigenvalue weighted by atomic mass is 35.5. The maximum Gasteiger partial charge on any atom is 0.304 e. The number of rotatable bonds is 9. The first-order valence-electron chi connectivity index (χ1n) is 12.3. The molecule has 2 fully saturated rings. The minimum Gasteiger partial charge on any atom is -0.481 e. The second-order valence-corrected chi connectivity index (χ2v) is 14.0. The van der Waals surface area contributed by atoms with Gasteiger partial charge in [0.05, 0.1) is 22.3 Å². The number of amides is 1. The van der Waals surface area contributed by atoms with Crippen LogP contribution in [0.25, 0.3) is 0 Å². The number of piperidine rings is 1. The van der Waals surface area contributed by atoms with E-state index in [9.17, 15) is 27.5 Å². The average molecular weight is 571 g/mol. The summed E-state index contributed by atoms with van der Waals surface area (Å²) in [4.78, 5) is 24.7. The van der Waals surface area contributed by atoms with Gasteiger partial charge in [-0.1, -0.05) is 49.2 Å². The molecule has 6 nitrogen and oxygen atoms in total. The highest BCUT2D eigenvalue weighted by molar-refractivity contribution is 7.92. The molecule has 2 aromatic rings. The molecule has 4 rings (SSSR count). The third kappa shape index (κ3) is 6.13. The Balaban J connectivity index is 1.71. The summed E-state index contributed by atoms with van der Waals surface area (Å²) in [6.07, 6.45) is 1.24. The second kappa shape index (κ2) is 10.5. The van der Waals surface area contributed by atoms with Gasteiger partial charge in [-0.25, -0.2) is 12.8 Å². The monoisotopic (exact) mass is 569 g/mol. The topological polar surface area (TPSA) is 101 Å². The van der Waals surface area contributed by atoms with Crippen LogP contribution in [0.2, 0.25) is 10.0 Å². The van der Waals surface area contributed by atoms with Gasteiger partial charge in [-0.15, -0.1) is 0 Å². The van der Waals surface area contributed by atoms with E-state index in [4.69, 9.17) is 23.2 Å². The molecule has 2 N–H and O–H groups in total.